The first-order valence-electron chi connectivity index (χ1n) is 7.70. The van der Waals surface area contributed by atoms with Gasteiger partial charge in [0.25, 0.3) is 0 Å². The average Bonchev–Trinajstić information content (AvgIpc) is 3.09. The van der Waals surface area contributed by atoms with E-state index in [-0.39, 0.29) is 36.4 Å². The molecule has 3 rings (SSSR count). The molecule has 2 aromatic carbocycles. The van der Waals surface area contributed by atoms with Gasteiger partial charge in [-0.05, 0) is 42.3 Å². The first kappa shape index (κ1) is 16.8. The molecule has 1 amide bonds. The molecule has 0 aliphatic carbocycles. The third-order valence-electron chi connectivity index (χ3n) is 3.59. The quantitative estimate of drug-likeness (QED) is 0.746. The molecule has 128 valence electrons. The van der Waals surface area contributed by atoms with E-state index < -0.39 is 0 Å². The molecule has 0 saturated carbocycles. The molecule has 3 aromatic rings. The molecule has 1 aromatic heterocycles. The van der Waals surface area contributed by atoms with Crippen LogP contribution in [0.25, 0.3) is 11.4 Å². The highest BCUT2D eigenvalue weighted by Gasteiger charge is 2.11. The minimum absolute atomic E-state index is 0.0737. The van der Waals surface area contributed by atoms with E-state index in [0.29, 0.717) is 23.4 Å². The van der Waals surface area contributed by atoms with E-state index in [1.165, 1.54) is 30.3 Å². The van der Waals surface area contributed by atoms with Crippen LogP contribution in [0.3, 0.4) is 0 Å². The largest absolute Gasteiger partial charge is 0.347 e. The van der Waals surface area contributed by atoms with E-state index in [2.05, 4.69) is 15.5 Å². The summed E-state index contributed by atoms with van der Waals surface area (Å²) in [5.41, 5.74) is 1.11. The van der Waals surface area contributed by atoms with Crippen LogP contribution in [0.2, 0.25) is 0 Å². The van der Waals surface area contributed by atoms with E-state index in [1.54, 1.807) is 18.2 Å². The standard InChI is InChI=1S/C18H15F2N3O2/c19-14-8-5-13(6-9-14)18-22-17(25-23-18)11-21-16(24)10-7-12-3-1-2-4-15(12)20/h1-6,8-9H,7,10-11H2,(H,21,24). The van der Waals surface area contributed by atoms with Gasteiger partial charge >= 0.3 is 0 Å². The van der Waals surface area contributed by atoms with Crippen molar-refractivity contribution in [3.8, 4) is 11.4 Å². The van der Waals surface area contributed by atoms with E-state index in [1.807, 2.05) is 0 Å². The maximum atomic E-state index is 13.5. The lowest BCUT2D eigenvalue weighted by Crippen LogP contribution is -2.23. The van der Waals surface area contributed by atoms with Crippen molar-refractivity contribution in [1.29, 1.82) is 0 Å². The Hall–Kier alpha value is -3.09. The number of amides is 1. The van der Waals surface area contributed by atoms with Crippen molar-refractivity contribution in [3.63, 3.8) is 0 Å². The average molecular weight is 343 g/mol. The molecule has 5 nitrogen and oxygen atoms in total. The Morgan fingerprint density at radius 2 is 1.84 bits per heavy atom. The van der Waals surface area contributed by atoms with Gasteiger partial charge in [-0.15, -0.1) is 0 Å². The topological polar surface area (TPSA) is 68.0 Å². The second-order valence-corrected chi connectivity index (χ2v) is 5.39. The summed E-state index contributed by atoms with van der Waals surface area (Å²) in [6.45, 7) is 0.0737. The van der Waals surface area contributed by atoms with Gasteiger partial charge < -0.3 is 9.84 Å². The summed E-state index contributed by atoms with van der Waals surface area (Å²) >= 11 is 0. The van der Waals surface area contributed by atoms with Crippen LogP contribution >= 0.6 is 0 Å². The number of carbonyl (C=O) groups is 1. The number of nitrogens with zero attached hydrogens (tertiary/aromatic N) is 2. The summed E-state index contributed by atoms with van der Waals surface area (Å²) in [5.74, 6) is -0.371. The number of halogens is 2. The van der Waals surface area contributed by atoms with E-state index in [0.717, 1.165) is 0 Å². The van der Waals surface area contributed by atoms with Crippen LogP contribution in [-0.4, -0.2) is 16.0 Å². The van der Waals surface area contributed by atoms with Crippen molar-refractivity contribution in [2.24, 2.45) is 0 Å². The molecule has 0 spiro atoms. The van der Waals surface area contributed by atoms with Crippen molar-refractivity contribution in [2.45, 2.75) is 19.4 Å². The third kappa shape index (κ3) is 4.47. The molecule has 0 fully saturated rings. The van der Waals surface area contributed by atoms with Crippen molar-refractivity contribution in [2.75, 3.05) is 0 Å². The summed E-state index contributed by atoms with van der Waals surface area (Å²) < 4.78 is 31.4. The highest BCUT2D eigenvalue weighted by Crippen LogP contribution is 2.16. The van der Waals surface area contributed by atoms with Crippen LogP contribution < -0.4 is 5.32 Å². The van der Waals surface area contributed by atoms with Crippen LogP contribution in [0.1, 0.15) is 17.9 Å². The Kier molecular flexibility index (Phi) is 5.13. The van der Waals surface area contributed by atoms with Crippen molar-refractivity contribution in [1.82, 2.24) is 15.5 Å². The summed E-state index contributed by atoms with van der Waals surface area (Å²) in [6.07, 6.45) is 0.461. The number of nitrogens with one attached hydrogen (secondary N) is 1. The Morgan fingerprint density at radius 1 is 1.08 bits per heavy atom. The van der Waals surface area contributed by atoms with Gasteiger partial charge in [0.2, 0.25) is 17.6 Å². The molecule has 7 heteroatoms. The molecule has 1 heterocycles. The molecule has 0 aliphatic rings. The highest BCUT2D eigenvalue weighted by molar-refractivity contribution is 5.76. The van der Waals surface area contributed by atoms with Gasteiger partial charge in [-0.3, -0.25) is 4.79 Å². The molecular formula is C18H15F2N3O2. The lowest BCUT2D eigenvalue weighted by Gasteiger charge is -2.03. The number of hydrogen-bond donors (Lipinski definition) is 1. The van der Waals surface area contributed by atoms with Crippen molar-refractivity contribution in [3.05, 3.63) is 71.6 Å². The molecule has 25 heavy (non-hydrogen) atoms. The van der Waals surface area contributed by atoms with E-state index in [4.69, 9.17) is 4.52 Å². The second-order valence-electron chi connectivity index (χ2n) is 5.39. The van der Waals surface area contributed by atoms with Gasteiger partial charge in [0.15, 0.2) is 0 Å². The maximum absolute atomic E-state index is 13.5. The molecule has 0 atom stereocenters. The number of rotatable bonds is 6. The first-order valence-corrected chi connectivity index (χ1v) is 7.70. The van der Waals surface area contributed by atoms with Crippen LogP contribution in [0.5, 0.6) is 0 Å². The Morgan fingerprint density at radius 3 is 2.60 bits per heavy atom. The maximum Gasteiger partial charge on any atom is 0.246 e. The summed E-state index contributed by atoms with van der Waals surface area (Å²) in [6, 6.07) is 12.0. The van der Waals surface area contributed by atoms with Crippen LogP contribution in [-0.2, 0) is 17.8 Å². The summed E-state index contributed by atoms with van der Waals surface area (Å²) in [4.78, 5) is 16.0. The van der Waals surface area contributed by atoms with Crippen LogP contribution in [0, 0.1) is 11.6 Å². The molecule has 1 N–H and O–H groups in total. The van der Waals surface area contributed by atoms with Gasteiger partial charge in [-0.25, -0.2) is 8.78 Å². The summed E-state index contributed by atoms with van der Waals surface area (Å²) in [7, 11) is 0. The molecular weight excluding hydrogens is 328 g/mol. The molecule has 0 bridgehead atoms. The first-order chi connectivity index (χ1) is 12.1. The zero-order valence-corrected chi connectivity index (χ0v) is 13.2. The van der Waals surface area contributed by atoms with Gasteiger partial charge in [0, 0.05) is 12.0 Å². The van der Waals surface area contributed by atoms with Crippen molar-refractivity contribution < 1.29 is 18.1 Å². The number of benzene rings is 2. The lowest BCUT2D eigenvalue weighted by atomic mass is 10.1. The lowest BCUT2D eigenvalue weighted by molar-refractivity contribution is -0.121. The number of aryl methyl sites for hydroxylation is 1. The fraction of sp³-hybridized carbons (Fsp3) is 0.167. The van der Waals surface area contributed by atoms with Crippen LogP contribution in [0.4, 0.5) is 8.78 Å². The van der Waals surface area contributed by atoms with Gasteiger partial charge in [0.05, 0.1) is 6.54 Å². The zero-order valence-electron chi connectivity index (χ0n) is 13.2. The van der Waals surface area contributed by atoms with Gasteiger partial charge in [-0.1, -0.05) is 23.4 Å². The normalized spacial score (nSPS) is 10.6. The van der Waals surface area contributed by atoms with E-state index >= 15 is 0 Å². The molecule has 0 radical (unpaired) electrons. The molecule has 0 aliphatic heterocycles. The highest BCUT2D eigenvalue weighted by atomic mass is 19.1. The minimum Gasteiger partial charge on any atom is -0.347 e. The second kappa shape index (κ2) is 7.65. The molecule has 0 saturated heterocycles. The Labute approximate surface area is 142 Å². The van der Waals surface area contributed by atoms with Gasteiger partial charge in [-0.2, -0.15) is 4.98 Å². The minimum atomic E-state index is -0.352. The van der Waals surface area contributed by atoms with Crippen LogP contribution in [0.15, 0.2) is 53.1 Å². The Balaban J connectivity index is 1.51. The predicted octanol–water partition coefficient (Wildman–Crippen LogP) is 3.26. The van der Waals surface area contributed by atoms with Gasteiger partial charge in [0.1, 0.15) is 11.6 Å². The fourth-order valence-corrected chi connectivity index (χ4v) is 2.25. The van der Waals surface area contributed by atoms with Crippen molar-refractivity contribution >= 4 is 5.91 Å². The Bertz CT molecular complexity index is 863. The number of aromatic nitrogens is 2. The third-order valence-corrected chi connectivity index (χ3v) is 3.59. The number of carbonyl (C=O) groups excluding carboxylic acids is 1. The fourth-order valence-electron chi connectivity index (χ4n) is 2.25. The number of hydrogen-bond acceptors (Lipinski definition) is 4. The monoisotopic (exact) mass is 343 g/mol. The van der Waals surface area contributed by atoms with E-state index in [9.17, 15) is 13.6 Å². The summed E-state index contributed by atoms with van der Waals surface area (Å²) in [5, 5.41) is 6.43. The SMILES string of the molecule is O=C(CCc1ccccc1F)NCc1nc(-c2ccc(F)cc2)no1. The molecule has 0 unspecified atom stereocenters. The smallest absolute Gasteiger partial charge is 0.246 e. The predicted molar refractivity (Wildman–Crippen MR) is 86.3 cm³/mol. The zero-order chi connectivity index (χ0) is 17.6.